The van der Waals surface area contributed by atoms with Gasteiger partial charge in [0.25, 0.3) is 0 Å². The van der Waals surface area contributed by atoms with Gasteiger partial charge in [0.1, 0.15) is 0 Å². The van der Waals surface area contributed by atoms with E-state index in [4.69, 9.17) is 0 Å². The fourth-order valence-corrected chi connectivity index (χ4v) is 4.79. The second kappa shape index (κ2) is 15.1. The van der Waals surface area contributed by atoms with Gasteiger partial charge in [-0.05, 0) is 73.7 Å². The molecule has 1 atom stereocenters. The Balaban J connectivity index is 0.000000231. The minimum atomic E-state index is -4.30. The van der Waals surface area contributed by atoms with Gasteiger partial charge in [-0.25, -0.2) is 0 Å². The van der Waals surface area contributed by atoms with Gasteiger partial charge in [-0.1, -0.05) is 55.1 Å². The van der Waals surface area contributed by atoms with E-state index in [-0.39, 0.29) is 48.4 Å². The van der Waals surface area contributed by atoms with E-state index in [2.05, 4.69) is 29.8 Å². The average Bonchev–Trinajstić information content (AvgIpc) is 3.81. The summed E-state index contributed by atoms with van der Waals surface area (Å²) in [7, 11) is 0. The van der Waals surface area contributed by atoms with E-state index in [1.165, 1.54) is 18.2 Å². The Hall–Kier alpha value is -2.99. The molecule has 0 spiro atoms. The van der Waals surface area contributed by atoms with Crippen LogP contribution >= 0.6 is 0 Å². The maximum absolute atomic E-state index is 13.7. The summed E-state index contributed by atoms with van der Waals surface area (Å²) in [4.78, 5) is 25.8. The molecule has 222 valence electrons. The summed E-state index contributed by atoms with van der Waals surface area (Å²) >= 11 is 0. The zero-order valence-electron chi connectivity index (χ0n) is 23.8. The van der Waals surface area contributed by atoms with Crippen LogP contribution in [0, 0.1) is 55.8 Å². The van der Waals surface area contributed by atoms with Gasteiger partial charge < -0.3 is 12.2 Å². The van der Waals surface area contributed by atoms with Crippen LogP contribution in [0.2, 0.25) is 0 Å². The SMILES string of the molecule is C=CC(=O)/C(=C/C)NC(=O)c1cc(C2CC2)[c-]cc1F.[CH2-]C1CN(C(c2ccccc2)c2ccc(C(F)(F)F)cc2)C1.[U+2]. The fraction of sp³-hybridized carbons (Fsp3) is 0.265. The molecule has 4 nitrogen and oxygen atoms in total. The van der Waals surface area contributed by atoms with E-state index in [0.29, 0.717) is 11.8 Å². The third-order valence-electron chi connectivity index (χ3n) is 7.19. The van der Waals surface area contributed by atoms with Crippen LogP contribution in [0.4, 0.5) is 17.6 Å². The number of carbonyl (C=O) groups is 2. The van der Waals surface area contributed by atoms with Gasteiger partial charge in [0, 0.05) is 5.82 Å². The van der Waals surface area contributed by atoms with Crippen molar-refractivity contribution in [2.24, 2.45) is 5.92 Å². The van der Waals surface area contributed by atoms with Crippen LogP contribution in [-0.2, 0) is 11.0 Å². The smallest absolute Gasteiger partial charge is 0.338 e. The summed E-state index contributed by atoms with van der Waals surface area (Å²) in [6, 6.07) is 20.9. The third-order valence-corrected chi connectivity index (χ3v) is 7.19. The standard InChI is InChI=1S/C18H17F3N.C16H15FNO2.U/c1-13-11-22(12-13)17(14-5-3-2-4-6-14)15-7-9-16(10-8-15)18(19,20)21;1-3-14(15(19)4-2)18-16(20)12-9-11(10-5-6-10)7-8-13(12)17;/h2-10,13,17H,1,11-12H2;3-4,8-10H,2,5-6H2,1H3,(H,18,20);/q2*-1;+2/b;14-3-;. The molecule has 1 unspecified atom stereocenters. The molecule has 3 aromatic carbocycles. The molecule has 5 rings (SSSR count). The Bertz CT molecular complexity index is 1450. The van der Waals surface area contributed by atoms with Gasteiger partial charge in [0.15, 0.2) is 0 Å². The van der Waals surface area contributed by atoms with Crippen molar-refractivity contribution in [2.75, 3.05) is 13.1 Å². The third kappa shape index (κ3) is 9.01. The van der Waals surface area contributed by atoms with E-state index >= 15 is 0 Å². The molecule has 0 bridgehead atoms. The number of ketones is 1. The van der Waals surface area contributed by atoms with Crippen molar-refractivity contribution >= 4 is 11.7 Å². The number of hydrogen-bond donors (Lipinski definition) is 1. The largest absolute Gasteiger partial charge is 2.00 e. The summed E-state index contributed by atoms with van der Waals surface area (Å²) in [6.07, 6.45) is 0.337. The molecule has 0 radical (unpaired) electrons. The molecule has 2 aliphatic rings. The molecule has 1 saturated heterocycles. The molecule has 1 saturated carbocycles. The number of carbonyl (C=O) groups excluding carboxylic acids is 2. The molecule has 0 aromatic heterocycles. The van der Waals surface area contributed by atoms with Crippen molar-refractivity contribution in [2.45, 2.75) is 37.9 Å². The van der Waals surface area contributed by atoms with Crippen LogP contribution in [0.3, 0.4) is 0 Å². The van der Waals surface area contributed by atoms with Gasteiger partial charge in [-0.3, -0.25) is 18.9 Å². The number of likely N-dealkylation sites (tertiary alicyclic amines) is 1. The maximum atomic E-state index is 13.7. The van der Waals surface area contributed by atoms with E-state index in [9.17, 15) is 27.2 Å². The number of alkyl halides is 3. The first kappa shape index (κ1) is 34.5. The molecular weight excluding hydrogens is 782 g/mol. The number of benzene rings is 3. The zero-order valence-corrected chi connectivity index (χ0v) is 27.9. The Morgan fingerprint density at radius 1 is 1.07 bits per heavy atom. The molecule has 1 heterocycles. The minimum Gasteiger partial charge on any atom is -0.338 e. The quantitative estimate of drug-likeness (QED) is 0.146. The summed E-state index contributed by atoms with van der Waals surface area (Å²) < 4.78 is 51.9. The molecule has 1 N–H and O–H groups in total. The molecule has 9 heteroatoms. The monoisotopic (exact) mass is 814 g/mol. The van der Waals surface area contributed by atoms with Crippen LogP contribution in [0.25, 0.3) is 0 Å². The Morgan fingerprint density at radius 2 is 1.67 bits per heavy atom. The summed E-state index contributed by atoms with van der Waals surface area (Å²) in [5, 5.41) is 2.41. The first-order valence-electron chi connectivity index (χ1n) is 13.7. The average molecular weight is 815 g/mol. The zero-order chi connectivity index (χ0) is 30.4. The number of halogens is 4. The van der Waals surface area contributed by atoms with Crippen LogP contribution in [-0.4, -0.2) is 29.7 Å². The van der Waals surface area contributed by atoms with Crippen LogP contribution in [0.5, 0.6) is 0 Å². The Labute approximate surface area is 273 Å². The topological polar surface area (TPSA) is 49.4 Å². The van der Waals surface area contributed by atoms with Crippen molar-refractivity contribution < 1.29 is 58.3 Å². The van der Waals surface area contributed by atoms with Gasteiger partial charge >= 0.3 is 37.3 Å². The van der Waals surface area contributed by atoms with Crippen molar-refractivity contribution in [3.05, 3.63) is 138 Å². The van der Waals surface area contributed by atoms with E-state index in [1.54, 1.807) is 19.1 Å². The van der Waals surface area contributed by atoms with Gasteiger partial charge in [-0.15, -0.1) is 12.0 Å². The molecule has 1 aliphatic heterocycles. The number of hydrogen-bond acceptors (Lipinski definition) is 3. The van der Waals surface area contributed by atoms with Crippen molar-refractivity contribution in [3.63, 3.8) is 0 Å². The number of nitrogens with zero attached hydrogens (tertiary/aromatic N) is 1. The second-order valence-corrected chi connectivity index (χ2v) is 10.4. The van der Waals surface area contributed by atoms with Crippen LogP contribution in [0.15, 0.2) is 91.2 Å². The molecular formula is C34H32F4N2O2U. The summed E-state index contributed by atoms with van der Waals surface area (Å²) in [5.74, 6) is -0.930. The summed E-state index contributed by atoms with van der Waals surface area (Å²) in [5.41, 5.74) is 2.22. The Morgan fingerprint density at radius 3 is 2.19 bits per heavy atom. The normalized spacial score (nSPS) is 16.1. The number of rotatable bonds is 8. The van der Waals surface area contributed by atoms with Crippen LogP contribution < -0.4 is 5.32 Å². The fourth-order valence-electron chi connectivity index (χ4n) is 4.79. The molecule has 1 aliphatic carbocycles. The number of nitrogens with one attached hydrogen (secondary N) is 1. The molecule has 43 heavy (non-hydrogen) atoms. The van der Waals surface area contributed by atoms with Crippen molar-refractivity contribution in [3.8, 4) is 0 Å². The van der Waals surface area contributed by atoms with Gasteiger partial charge in [0.05, 0.1) is 17.3 Å². The molecule has 2 fully saturated rings. The first-order valence-corrected chi connectivity index (χ1v) is 13.7. The van der Waals surface area contributed by atoms with Crippen molar-refractivity contribution in [1.29, 1.82) is 0 Å². The van der Waals surface area contributed by atoms with Crippen molar-refractivity contribution in [1.82, 2.24) is 10.2 Å². The first-order chi connectivity index (χ1) is 20.0. The second-order valence-electron chi connectivity index (χ2n) is 10.4. The van der Waals surface area contributed by atoms with Crippen LogP contribution in [0.1, 0.15) is 64.3 Å². The van der Waals surface area contributed by atoms with Gasteiger partial charge in [-0.2, -0.15) is 30.9 Å². The predicted octanol–water partition coefficient (Wildman–Crippen LogP) is 7.45. The maximum Gasteiger partial charge on any atom is 2.00 e. The summed E-state index contributed by atoms with van der Waals surface area (Å²) in [6.45, 7) is 10.7. The Kier molecular flexibility index (Phi) is 12.2. The predicted molar refractivity (Wildman–Crippen MR) is 154 cm³/mol. The number of amides is 1. The molecule has 3 aromatic rings. The minimum absolute atomic E-state index is 0. The van der Waals surface area contributed by atoms with E-state index < -0.39 is 29.2 Å². The van der Waals surface area contributed by atoms with E-state index in [0.717, 1.165) is 60.8 Å². The molecule has 1 amide bonds. The number of allylic oxidation sites excluding steroid dienone is 2. The van der Waals surface area contributed by atoms with E-state index in [1.807, 2.05) is 30.3 Å². The van der Waals surface area contributed by atoms with Gasteiger partial charge in [0.2, 0.25) is 11.7 Å².